The fraction of sp³-hybridized carbons (Fsp3) is 0.211. The van der Waals surface area contributed by atoms with E-state index in [9.17, 15) is 9.59 Å². The van der Waals surface area contributed by atoms with Gasteiger partial charge < -0.3 is 23.9 Å². The summed E-state index contributed by atoms with van der Waals surface area (Å²) in [6.07, 6.45) is 0. The summed E-state index contributed by atoms with van der Waals surface area (Å²) in [6.45, 7) is -0.423. The summed E-state index contributed by atoms with van der Waals surface area (Å²) in [5.74, 6) is -0.0515. The number of anilines is 1. The highest BCUT2D eigenvalue weighted by Crippen LogP contribution is 2.28. The Hall–Kier alpha value is -3.20. The van der Waals surface area contributed by atoms with Crippen LogP contribution in [0.1, 0.15) is 0 Å². The molecule has 0 unspecified atom stereocenters. The third kappa shape index (κ3) is 4.95. The fourth-order valence-corrected chi connectivity index (χ4v) is 2.96. The molecule has 2 aromatic carbocycles. The number of oxazole rings is 1. The Kier molecular flexibility index (Phi) is 6.38. The van der Waals surface area contributed by atoms with Crippen LogP contribution in [-0.4, -0.2) is 43.4 Å². The van der Waals surface area contributed by atoms with Crippen molar-refractivity contribution in [3.63, 3.8) is 0 Å². The number of hydrogen-bond donors (Lipinski definition) is 1. The quantitative estimate of drug-likeness (QED) is 0.453. The lowest BCUT2D eigenvalue weighted by Crippen LogP contribution is -2.22. The molecule has 28 heavy (non-hydrogen) atoms. The van der Waals surface area contributed by atoms with Crippen molar-refractivity contribution >= 4 is 40.4 Å². The second kappa shape index (κ2) is 9.14. The van der Waals surface area contributed by atoms with Crippen LogP contribution < -0.4 is 14.8 Å². The molecule has 0 aliphatic carbocycles. The van der Waals surface area contributed by atoms with Crippen molar-refractivity contribution in [1.82, 2.24) is 4.98 Å². The van der Waals surface area contributed by atoms with E-state index in [1.54, 1.807) is 24.3 Å². The summed E-state index contributed by atoms with van der Waals surface area (Å²) in [6, 6.07) is 12.3. The average Bonchev–Trinajstić information content (AvgIpc) is 3.13. The Labute approximate surface area is 165 Å². The molecule has 1 heterocycles. The molecule has 0 radical (unpaired) electrons. The summed E-state index contributed by atoms with van der Waals surface area (Å²) in [7, 11) is 3.00. The topological polar surface area (TPSA) is 99.9 Å². The van der Waals surface area contributed by atoms with Gasteiger partial charge in [0.15, 0.2) is 12.2 Å². The molecule has 146 valence electrons. The first-order chi connectivity index (χ1) is 13.6. The van der Waals surface area contributed by atoms with Gasteiger partial charge >= 0.3 is 5.97 Å². The summed E-state index contributed by atoms with van der Waals surface area (Å²) < 4.78 is 20.8. The maximum absolute atomic E-state index is 12.1. The van der Waals surface area contributed by atoms with Crippen LogP contribution in [0.25, 0.3) is 11.1 Å². The molecular formula is C19H18N2O6S. The Balaban J connectivity index is 1.48. The zero-order valence-electron chi connectivity index (χ0n) is 15.3. The Morgan fingerprint density at radius 2 is 1.96 bits per heavy atom. The number of methoxy groups -OCH3 is 2. The highest BCUT2D eigenvalue weighted by atomic mass is 32.2. The number of aromatic nitrogens is 1. The number of benzene rings is 2. The number of esters is 1. The molecule has 0 fully saturated rings. The third-order valence-electron chi connectivity index (χ3n) is 3.63. The summed E-state index contributed by atoms with van der Waals surface area (Å²) >= 11 is 1.10. The van der Waals surface area contributed by atoms with Crippen molar-refractivity contribution in [2.75, 3.05) is 31.9 Å². The first-order valence-corrected chi connectivity index (χ1v) is 9.23. The number of nitrogens with zero attached hydrogens (tertiary/aromatic N) is 1. The third-order valence-corrected chi connectivity index (χ3v) is 4.43. The van der Waals surface area contributed by atoms with E-state index in [1.807, 2.05) is 18.2 Å². The van der Waals surface area contributed by atoms with Gasteiger partial charge in [-0.3, -0.25) is 9.59 Å². The highest BCUT2D eigenvalue weighted by Gasteiger charge is 2.13. The number of thioether (sulfide) groups is 1. The first kappa shape index (κ1) is 19.6. The van der Waals surface area contributed by atoms with E-state index in [0.717, 1.165) is 11.8 Å². The van der Waals surface area contributed by atoms with Gasteiger partial charge in [0.1, 0.15) is 22.8 Å². The van der Waals surface area contributed by atoms with E-state index in [1.165, 1.54) is 14.2 Å². The van der Waals surface area contributed by atoms with Gasteiger partial charge in [0.2, 0.25) is 0 Å². The van der Waals surface area contributed by atoms with Gasteiger partial charge in [-0.1, -0.05) is 23.9 Å². The zero-order valence-corrected chi connectivity index (χ0v) is 16.1. The summed E-state index contributed by atoms with van der Waals surface area (Å²) in [5.41, 5.74) is 1.78. The SMILES string of the molecule is COc1ccc(OC)c(NC(=O)COC(=O)CSc2nc3ccccc3o2)c1. The lowest BCUT2D eigenvalue weighted by molar-refractivity contribution is -0.144. The molecule has 0 bridgehead atoms. The Morgan fingerprint density at radius 1 is 1.14 bits per heavy atom. The van der Waals surface area contributed by atoms with Gasteiger partial charge in [-0.2, -0.15) is 0 Å². The maximum Gasteiger partial charge on any atom is 0.316 e. The number of amides is 1. The minimum Gasteiger partial charge on any atom is -0.497 e. The molecule has 3 aromatic rings. The van der Waals surface area contributed by atoms with E-state index >= 15 is 0 Å². The number of ether oxygens (including phenoxy) is 3. The monoisotopic (exact) mass is 402 g/mol. The second-order valence-corrected chi connectivity index (χ2v) is 6.44. The minimum atomic E-state index is -0.556. The highest BCUT2D eigenvalue weighted by molar-refractivity contribution is 7.99. The van der Waals surface area contributed by atoms with Crippen LogP contribution in [0.5, 0.6) is 11.5 Å². The maximum atomic E-state index is 12.1. The van der Waals surface area contributed by atoms with Gasteiger partial charge in [0, 0.05) is 6.07 Å². The number of hydrogen-bond acceptors (Lipinski definition) is 8. The number of nitrogens with one attached hydrogen (secondary N) is 1. The zero-order chi connectivity index (χ0) is 19.9. The van der Waals surface area contributed by atoms with Crippen molar-refractivity contribution in [3.05, 3.63) is 42.5 Å². The van der Waals surface area contributed by atoms with Crippen LogP contribution in [0.4, 0.5) is 5.69 Å². The van der Waals surface area contributed by atoms with Gasteiger partial charge in [0.25, 0.3) is 11.1 Å². The van der Waals surface area contributed by atoms with Crippen LogP contribution >= 0.6 is 11.8 Å². The van der Waals surface area contributed by atoms with Crippen molar-refractivity contribution in [2.45, 2.75) is 5.22 Å². The molecule has 0 saturated heterocycles. The molecule has 0 spiro atoms. The number of fused-ring (bicyclic) bond motifs is 1. The molecule has 0 atom stereocenters. The molecule has 0 aliphatic heterocycles. The molecule has 9 heteroatoms. The van der Waals surface area contributed by atoms with E-state index < -0.39 is 18.5 Å². The number of carbonyl (C=O) groups excluding carboxylic acids is 2. The summed E-state index contributed by atoms with van der Waals surface area (Å²) in [5, 5.41) is 2.99. The fourth-order valence-electron chi connectivity index (χ4n) is 2.32. The van der Waals surface area contributed by atoms with Crippen LogP contribution in [0.2, 0.25) is 0 Å². The molecule has 8 nitrogen and oxygen atoms in total. The standard InChI is InChI=1S/C19H18N2O6S/c1-24-12-7-8-15(25-2)14(9-12)20-17(22)10-26-18(23)11-28-19-21-13-5-3-4-6-16(13)27-19/h3-9H,10-11H2,1-2H3,(H,20,22). The predicted octanol–water partition coefficient (Wildman–Crippen LogP) is 3.12. The van der Waals surface area contributed by atoms with Gasteiger partial charge in [-0.25, -0.2) is 4.98 Å². The molecular weight excluding hydrogens is 384 g/mol. The summed E-state index contributed by atoms with van der Waals surface area (Å²) in [4.78, 5) is 28.2. The number of carbonyl (C=O) groups is 2. The van der Waals surface area contributed by atoms with Crippen LogP contribution in [-0.2, 0) is 14.3 Å². The van der Waals surface area contributed by atoms with Crippen molar-refractivity contribution in [2.24, 2.45) is 0 Å². The van der Waals surface area contributed by atoms with E-state index in [2.05, 4.69) is 10.3 Å². The largest absolute Gasteiger partial charge is 0.497 e. The first-order valence-electron chi connectivity index (χ1n) is 8.25. The molecule has 1 amide bonds. The molecule has 3 rings (SSSR count). The van der Waals surface area contributed by atoms with Crippen LogP contribution in [0, 0.1) is 0 Å². The minimum absolute atomic E-state index is 0.0252. The van der Waals surface area contributed by atoms with Gasteiger partial charge in [-0.05, 0) is 24.3 Å². The van der Waals surface area contributed by atoms with Crippen LogP contribution in [0.3, 0.4) is 0 Å². The lowest BCUT2D eigenvalue weighted by atomic mass is 10.2. The lowest BCUT2D eigenvalue weighted by Gasteiger charge is -2.11. The van der Waals surface area contributed by atoms with Crippen molar-refractivity contribution < 1.29 is 28.2 Å². The average molecular weight is 402 g/mol. The number of rotatable bonds is 8. The van der Waals surface area contributed by atoms with Crippen molar-refractivity contribution in [3.8, 4) is 11.5 Å². The van der Waals surface area contributed by atoms with E-state index in [4.69, 9.17) is 18.6 Å². The number of para-hydroxylation sites is 2. The second-order valence-electron chi connectivity index (χ2n) is 5.51. The molecule has 0 aliphatic rings. The van der Waals surface area contributed by atoms with Crippen LogP contribution in [0.15, 0.2) is 52.1 Å². The van der Waals surface area contributed by atoms with Gasteiger partial charge in [0.05, 0.1) is 19.9 Å². The van der Waals surface area contributed by atoms with E-state index in [0.29, 0.717) is 33.5 Å². The van der Waals surface area contributed by atoms with Crippen molar-refractivity contribution in [1.29, 1.82) is 0 Å². The molecule has 0 saturated carbocycles. The Bertz CT molecular complexity index is 954. The van der Waals surface area contributed by atoms with E-state index in [-0.39, 0.29) is 5.75 Å². The normalized spacial score (nSPS) is 10.5. The Morgan fingerprint density at radius 3 is 2.71 bits per heavy atom. The molecule has 1 N–H and O–H groups in total. The smallest absolute Gasteiger partial charge is 0.316 e. The predicted molar refractivity (Wildman–Crippen MR) is 104 cm³/mol. The molecule has 1 aromatic heterocycles. The van der Waals surface area contributed by atoms with Gasteiger partial charge in [-0.15, -0.1) is 0 Å².